The van der Waals surface area contributed by atoms with Gasteiger partial charge in [0, 0.05) is 22.9 Å². The van der Waals surface area contributed by atoms with Gasteiger partial charge in [0.2, 0.25) is 6.10 Å². The fourth-order valence-electron chi connectivity index (χ4n) is 3.12. The molecule has 0 bridgehead atoms. The maximum atomic E-state index is 13.0. The Morgan fingerprint density at radius 2 is 1.62 bits per heavy atom. The molecule has 0 saturated heterocycles. The Bertz CT molecular complexity index is 1160. The lowest BCUT2D eigenvalue weighted by atomic mass is 10.1. The third-order valence-corrected chi connectivity index (χ3v) is 4.84. The van der Waals surface area contributed by atoms with Crippen LogP contribution in [-0.4, -0.2) is 38.5 Å². The van der Waals surface area contributed by atoms with Crippen molar-refractivity contribution in [2.75, 3.05) is 26.1 Å². The van der Waals surface area contributed by atoms with Crippen LogP contribution in [0.15, 0.2) is 72.8 Å². The van der Waals surface area contributed by atoms with E-state index in [-0.39, 0.29) is 11.5 Å². The molecular formula is C26H25NO7. The van der Waals surface area contributed by atoms with Crippen molar-refractivity contribution in [2.24, 2.45) is 0 Å². The van der Waals surface area contributed by atoms with Crippen molar-refractivity contribution in [1.82, 2.24) is 0 Å². The van der Waals surface area contributed by atoms with E-state index in [4.69, 9.17) is 18.9 Å². The summed E-state index contributed by atoms with van der Waals surface area (Å²) in [6, 6.07) is 20.1. The van der Waals surface area contributed by atoms with E-state index in [1.54, 1.807) is 60.7 Å². The molecule has 1 N–H and O–H groups in total. The molecule has 1 unspecified atom stereocenters. The van der Waals surface area contributed by atoms with Gasteiger partial charge in [-0.2, -0.15) is 0 Å². The van der Waals surface area contributed by atoms with Crippen molar-refractivity contribution in [2.45, 2.75) is 13.0 Å². The molecule has 0 aliphatic rings. The maximum absolute atomic E-state index is 13.0. The fraction of sp³-hybridized carbons (Fsp3) is 0.192. The van der Waals surface area contributed by atoms with E-state index in [9.17, 15) is 14.4 Å². The molecule has 0 spiro atoms. The standard InChI is InChI=1S/C26H25NO7/c1-17(28)19-12-13-22(23(14-19)32-3)33-16-24(29)34-25(18-8-5-4-6-9-18)26(30)27-20-10-7-11-21(15-20)31-2/h4-15,25H,16H2,1-3H3,(H,27,30). The molecule has 1 atom stereocenters. The Kier molecular flexibility index (Phi) is 8.23. The topological polar surface area (TPSA) is 100 Å². The Balaban J connectivity index is 1.72. The van der Waals surface area contributed by atoms with Crippen LogP contribution in [0.4, 0.5) is 5.69 Å². The number of hydrogen-bond acceptors (Lipinski definition) is 7. The highest BCUT2D eigenvalue weighted by Gasteiger charge is 2.26. The number of Topliss-reactive ketones (excluding diaryl/α,β-unsaturated/α-hetero) is 1. The van der Waals surface area contributed by atoms with E-state index in [1.165, 1.54) is 33.3 Å². The lowest BCUT2D eigenvalue weighted by Gasteiger charge is -2.19. The van der Waals surface area contributed by atoms with Crippen molar-refractivity contribution in [3.05, 3.63) is 83.9 Å². The second-order valence-corrected chi connectivity index (χ2v) is 7.21. The number of methoxy groups -OCH3 is 2. The summed E-state index contributed by atoms with van der Waals surface area (Å²) in [5, 5.41) is 2.74. The third-order valence-electron chi connectivity index (χ3n) is 4.84. The summed E-state index contributed by atoms with van der Waals surface area (Å²) in [5.74, 6) is -0.276. The minimum atomic E-state index is -1.20. The maximum Gasteiger partial charge on any atom is 0.345 e. The summed E-state index contributed by atoms with van der Waals surface area (Å²) in [7, 11) is 2.96. The lowest BCUT2D eigenvalue weighted by molar-refractivity contribution is -0.156. The molecular weight excluding hydrogens is 438 g/mol. The quantitative estimate of drug-likeness (QED) is 0.355. The Morgan fingerprint density at radius 1 is 0.853 bits per heavy atom. The van der Waals surface area contributed by atoms with Gasteiger partial charge in [0.25, 0.3) is 5.91 Å². The van der Waals surface area contributed by atoms with Gasteiger partial charge >= 0.3 is 5.97 Å². The highest BCUT2D eigenvalue weighted by atomic mass is 16.6. The van der Waals surface area contributed by atoms with Gasteiger partial charge in [0.05, 0.1) is 14.2 Å². The zero-order valence-electron chi connectivity index (χ0n) is 19.1. The average Bonchev–Trinajstić information content (AvgIpc) is 2.86. The van der Waals surface area contributed by atoms with Crippen LogP contribution in [0.2, 0.25) is 0 Å². The van der Waals surface area contributed by atoms with E-state index in [1.807, 2.05) is 0 Å². The Morgan fingerprint density at radius 3 is 2.29 bits per heavy atom. The molecule has 1 amide bonds. The molecule has 3 aromatic rings. The van der Waals surface area contributed by atoms with Crippen molar-refractivity contribution in [1.29, 1.82) is 0 Å². The molecule has 0 aliphatic carbocycles. The molecule has 0 saturated carbocycles. The number of nitrogens with one attached hydrogen (secondary N) is 1. The number of rotatable bonds is 10. The summed E-state index contributed by atoms with van der Waals surface area (Å²) in [4.78, 5) is 37.2. The molecule has 3 aromatic carbocycles. The summed E-state index contributed by atoms with van der Waals surface area (Å²) in [6.07, 6.45) is -1.20. The number of benzene rings is 3. The van der Waals surface area contributed by atoms with E-state index in [0.717, 1.165) is 0 Å². The number of hydrogen-bond donors (Lipinski definition) is 1. The largest absolute Gasteiger partial charge is 0.497 e. The van der Waals surface area contributed by atoms with E-state index >= 15 is 0 Å². The van der Waals surface area contributed by atoms with Crippen molar-refractivity contribution >= 4 is 23.3 Å². The van der Waals surface area contributed by atoms with E-state index in [0.29, 0.717) is 28.3 Å². The number of anilines is 1. The smallest absolute Gasteiger partial charge is 0.345 e. The number of esters is 1. The first-order chi connectivity index (χ1) is 16.4. The number of amides is 1. The minimum absolute atomic E-state index is 0.128. The summed E-state index contributed by atoms with van der Waals surface area (Å²) >= 11 is 0. The lowest BCUT2D eigenvalue weighted by Crippen LogP contribution is -2.28. The van der Waals surface area contributed by atoms with Crippen LogP contribution in [0.5, 0.6) is 17.2 Å². The van der Waals surface area contributed by atoms with Crippen LogP contribution in [-0.2, 0) is 14.3 Å². The van der Waals surface area contributed by atoms with Crippen LogP contribution < -0.4 is 19.5 Å². The third kappa shape index (κ3) is 6.35. The molecule has 8 heteroatoms. The zero-order chi connectivity index (χ0) is 24.5. The van der Waals surface area contributed by atoms with Crippen LogP contribution >= 0.6 is 0 Å². The predicted octanol–water partition coefficient (Wildman–Crippen LogP) is 4.21. The second-order valence-electron chi connectivity index (χ2n) is 7.21. The highest BCUT2D eigenvalue weighted by molar-refractivity contribution is 5.96. The first-order valence-corrected chi connectivity index (χ1v) is 10.4. The molecule has 0 heterocycles. The molecule has 0 aliphatic heterocycles. The normalized spacial score (nSPS) is 11.1. The fourth-order valence-corrected chi connectivity index (χ4v) is 3.12. The highest BCUT2D eigenvalue weighted by Crippen LogP contribution is 2.29. The summed E-state index contributed by atoms with van der Waals surface area (Å²) in [6.45, 7) is 0.971. The average molecular weight is 463 g/mol. The number of ether oxygens (including phenoxy) is 4. The zero-order valence-corrected chi connectivity index (χ0v) is 19.1. The van der Waals surface area contributed by atoms with Gasteiger partial charge in [-0.1, -0.05) is 36.4 Å². The number of carbonyl (C=O) groups is 3. The van der Waals surface area contributed by atoms with Gasteiger partial charge in [-0.15, -0.1) is 0 Å². The van der Waals surface area contributed by atoms with E-state index < -0.39 is 24.6 Å². The first-order valence-electron chi connectivity index (χ1n) is 10.4. The van der Waals surface area contributed by atoms with Gasteiger partial charge in [0.1, 0.15) is 5.75 Å². The molecule has 0 aromatic heterocycles. The number of ketones is 1. The van der Waals surface area contributed by atoms with Crippen LogP contribution in [0.3, 0.4) is 0 Å². The molecule has 0 radical (unpaired) electrons. The SMILES string of the molecule is COc1cccc(NC(=O)C(OC(=O)COc2ccc(C(C)=O)cc2OC)c2ccccc2)c1. The monoisotopic (exact) mass is 463 g/mol. The van der Waals surface area contributed by atoms with Gasteiger partial charge in [0.15, 0.2) is 23.9 Å². The molecule has 3 rings (SSSR count). The molecule has 176 valence electrons. The molecule has 8 nitrogen and oxygen atoms in total. The number of carbonyl (C=O) groups excluding carboxylic acids is 3. The molecule has 0 fully saturated rings. The first kappa shape index (κ1) is 24.3. The van der Waals surface area contributed by atoms with Gasteiger partial charge < -0.3 is 24.3 Å². The van der Waals surface area contributed by atoms with Gasteiger partial charge in [-0.3, -0.25) is 9.59 Å². The minimum Gasteiger partial charge on any atom is -0.497 e. The molecule has 34 heavy (non-hydrogen) atoms. The van der Waals surface area contributed by atoms with Gasteiger partial charge in [-0.05, 0) is 37.3 Å². The van der Waals surface area contributed by atoms with E-state index in [2.05, 4.69) is 5.32 Å². The van der Waals surface area contributed by atoms with Gasteiger partial charge in [-0.25, -0.2) is 4.79 Å². The van der Waals surface area contributed by atoms with Crippen molar-refractivity contribution in [3.8, 4) is 17.2 Å². The summed E-state index contributed by atoms with van der Waals surface area (Å²) < 4.78 is 21.4. The van der Waals surface area contributed by atoms with Crippen molar-refractivity contribution in [3.63, 3.8) is 0 Å². The Labute approximate surface area is 197 Å². The predicted molar refractivity (Wildman–Crippen MR) is 125 cm³/mol. The summed E-state index contributed by atoms with van der Waals surface area (Å²) in [5.41, 5.74) is 1.44. The van der Waals surface area contributed by atoms with Crippen LogP contribution in [0.25, 0.3) is 0 Å². The second kappa shape index (κ2) is 11.5. The Hall–Kier alpha value is -4.33. The van der Waals surface area contributed by atoms with Crippen molar-refractivity contribution < 1.29 is 33.3 Å². The van der Waals surface area contributed by atoms with Crippen LogP contribution in [0, 0.1) is 0 Å². The van der Waals surface area contributed by atoms with Crippen LogP contribution in [0.1, 0.15) is 28.9 Å².